The van der Waals surface area contributed by atoms with Gasteiger partial charge in [0.05, 0.1) is 6.42 Å². The van der Waals surface area contributed by atoms with Crippen LogP contribution in [0, 0.1) is 5.92 Å². The summed E-state index contributed by atoms with van der Waals surface area (Å²) in [6, 6.07) is 9.92. The second kappa shape index (κ2) is 5.92. The number of alkyl halides is 3. The van der Waals surface area contributed by atoms with E-state index < -0.39 is 12.6 Å². The van der Waals surface area contributed by atoms with E-state index in [0.29, 0.717) is 19.6 Å². The van der Waals surface area contributed by atoms with Crippen molar-refractivity contribution in [2.24, 2.45) is 11.7 Å². The molecule has 0 radical (unpaired) electrons. The largest absolute Gasteiger partial charge is 0.390 e. The summed E-state index contributed by atoms with van der Waals surface area (Å²) in [4.78, 5) is 1.88. The van der Waals surface area contributed by atoms with Crippen molar-refractivity contribution in [3.8, 4) is 0 Å². The molecule has 0 unspecified atom stereocenters. The van der Waals surface area contributed by atoms with Gasteiger partial charge in [-0.2, -0.15) is 13.2 Å². The first-order chi connectivity index (χ1) is 8.99. The minimum absolute atomic E-state index is 0.0728. The van der Waals surface area contributed by atoms with Gasteiger partial charge in [0.25, 0.3) is 0 Å². The maximum absolute atomic E-state index is 12.3. The van der Waals surface area contributed by atoms with Gasteiger partial charge >= 0.3 is 6.18 Å². The lowest BCUT2D eigenvalue weighted by Gasteiger charge is -2.17. The third-order valence-corrected chi connectivity index (χ3v) is 3.76. The van der Waals surface area contributed by atoms with Crippen LogP contribution in [-0.4, -0.2) is 37.3 Å². The molecule has 0 saturated carbocycles. The molecule has 1 aliphatic heterocycles. The third kappa shape index (κ3) is 3.94. The van der Waals surface area contributed by atoms with Gasteiger partial charge < -0.3 is 10.6 Å². The minimum atomic E-state index is -4.08. The summed E-state index contributed by atoms with van der Waals surface area (Å²) in [5.41, 5.74) is 6.93. The summed E-state index contributed by atoms with van der Waals surface area (Å²) in [7, 11) is 0. The van der Waals surface area contributed by atoms with Gasteiger partial charge in [-0.1, -0.05) is 30.3 Å². The monoisotopic (exact) mass is 272 g/mol. The van der Waals surface area contributed by atoms with Gasteiger partial charge in [-0.15, -0.1) is 0 Å². The molecule has 1 aliphatic rings. The zero-order chi connectivity index (χ0) is 13.9. The summed E-state index contributed by atoms with van der Waals surface area (Å²) in [6.45, 7) is 1.92. The average Bonchev–Trinajstić information content (AvgIpc) is 2.80. The van der Waals surface area contributed by atoms with Crippen LogP contribution in [0.3, 0.4) is 0 Å². The predicted octanol–water partition coefficient (Wildman–Crippen LogP) is 2.61. The highest BCUT2D eigenvalue weighted by atomic mass is 19.4. The Morgan fingerprint density at radius 2 is 1.84 bits per heavy atom. The molecule has 1 aromatic carbocycles. The van der Waals surface area contributed by atoms with E-state index >= 15 is 0 Å². The molecule has 2 N–H and O–H groups in total. The van der Waals surface area contributed by atoms with Crippen LogP contribution in [0.5, 0.6) is 0 Å². The average molecular weight is 272 g/mol. The van der Waals surface area contributed by atoms with Crippen molar-refractivity contribution in [3.05, 3.63) is 35.9 Å². The number of likely N-dealkylation sites (tertiary alicyclic amines) is 1. The first-order valence-electron chi connectivity index (χ1n) is 6.53. The summed E-state index contributed by atoms with van der Waals surface area (Å²) in [5, 5.41) is 0. The normalized spacial score (nSPS) is 24.8. The number of benzene rings is 1. The van der Waals surface area contributed by atoms with Crippen molar-refractivity contribution in [2.45, 2.75) is 18.5 Å². The molecule has 19 heavy (non-hydrogen) atoms. The smallest absolute Gasteiger partial charge is 0.330 e. The molecule has 1 saturated heterocycles. The van der Waals surface area contributed by atoms with E-state index in [0.717, 1.165) is 0 Å². The van der Waals surface area contributed by atoms with Crippen molar-refractivity contribution in [1.82, 2.24) is 4.90 Å². The van der Waals surface area contributed by atoms with Gasteiger partial charge in [-0.05, 0) is 18.0 Å². The fourth-order valence-corrected chi connectivity index (χ4v) is 2.74. The lowest BCUT2D eigenvalue weighted by Crippen LogP contribution is -2.27. The van der Waals surface area contributed by atoms with E-state index in [9.17, 15) is 13.2 Å². The summed E-state index contributed by atoms with van der Waals surface area (Å²) in [5.74, 6) is 0.495. The van der Waals surface area contributed by atoms with Crippen molar-refractivity contribution in [2.75, 3.05) is 26.2 Å². The molecule has 0 aromatic heterocycles. The molecule has 0 bridgehead atoms. The van der Waals surface area contributed by atoms with E-state index in [1.807, 2.05) is 35.2 Å². The molecule has 0 spiro atoms. The number of hydrogen-bond acceptors (Lipinski definition) is 2. The standard InChI is InChI=1S/C14H19F3N2/c15-14(16,17)6-7-19-9-12(8-18)13(10-19)11-4-2-1-3-5-11/h1-5,12-13H,6-10,18H2/t12-,13+/m1/s1. The Balaban J connectivity index is 1.98. The van der Waals surface area contributed by atoms with E-state index in [4.69, 9.17) is 5.73 Å². The molecule has 2 atom stereocenters. The van der Waals surface area contributed by atoms with E-state index in [2.05, 4.69) is 0 Å². The Morgan fingerprint density at radius 3 is 2.42 bits per heavy atom. The van der Waals surface area contributed by atoms with Crippen molar-refractivity contribution in [3.63, 3.8) is 0 Å². The van der Waals surface area contributed by atoms with Crippen LogP contribution in [0.25, 0.3) is 0 Å². The highest BCUT2D eigenvalue weighted by Crippen LogP contribution is 2.32. The van der Waals surface area contributed by atoms with E-state index in [-0.39, 0.29) is 18.4 Å². The molecule has 0 aliphatic carbocycles. The summed E-state index contributed by atoms with van der Waals surface area (Å²) < 4.78 is 36.8. The molecule has 1 heterocycles. The molecule has 5 heteroatoms. The van der Waals surface area contributed by atoms with Gasteiger partial charge in [0.2, 0.25) is 0 Å². The van der Waals surface area contributed by atoms with Gasteiger partial charge in [-0.3, -0.25) is 0 Å². The van der Waals surface area contributed by atoms with Gasteiger partial charge in [0, 0.05) is 25.6 Å². The fourth-order valence-electron chi connectivity index (χ4n) is 2.74. The molecule has 1 aromatic rings. The Hall–Kier alpha value is -1.07. The quantitative estimate of drug-likeness (QED) is 0.913. The number of nitrogens with two attached hydrogens (primary N) is 1. The van der Waals surface area contributed by atoms with Crippen LogP contribution in [0.2, 0.25) is 0 Å². The van der Waals surface area contributed by atoms with Crippen molar-refractivity contribution >= 4 is 0 Å². The van der Waals surface area contributed by atoms with Crippen LogP contribution < -0.4 is 5.73 Å². The summed E-state index contributed by atoms with van der Waals surface area (Å²) in [6.07, 6.45) is -4.82. The lowest BCUT2D eigenvalue weighted by atomic mass is 9.89. The SMILES string of the molecule is NC[C@@H]1CN(CCC(F)(F)F)C[C@H]1c1ccccc1. The molecule has 2 nitrogen and oxygen atoms in total. The van der Waals surface area contributed by atoms with Crippen LogP contribution >= 0.6 is 0 Å². The fraction of sp³-hybridized carbons (Fsp3) is 0.571. The third-order valence-electron chi connectivity index (χ3n) is 3.76. The second-order valence-corrected chi connectivity index (χ2v) is 5.14. The number of nitrogens with zero attached hydrogens (tertiary/aromatic N) is 1. The molecule has 1 fully saturated rings. The Kier molecular flexibility index (Phi) is 4.47. The number of hydrogen-bond donors (Lipinski definition) is 1. The second-order valence-electron chi connectivity index (χ2n) is 5.14. The van der Waals surface area contributed by atoms with Crippen LogP contribution in [0.15, 0.2) is 30.3 Å². The zero-order valence-electron chi connectivity index (χ0n) is 10.7. The first kappa shape index (κ1) is 14.3. The Labute approximate surface area is 111 Å². The van der Waals surface area contributed by atoms with E-state index in [1.165, 1.54) is 5.56 Å². The maximum Gasteiger partial charge on any atom is 0.390 e. The lowest BCUT2D eigenvalue weighted by molar-refractivity contribution is -0.137. The Morgan fingerprint density at radius 1 is 1.16 bits per heavy atom. The van der Waals surface area contributed by atoms with Gasteiger partial charge in [0.15, 0.2) is 0 Å². The molecular weight excluding hydrogens is 253 g/mol. The van der Waals surface area contributed by atoms with Crippen LogP contribution in [0.4, 0.5) is 13.2 Å². The van der Waals surface area contributed by atoms with E-state index in [1.54, 1.807) is 0 Å². The molecule has 106 valence electrons. The number of halogens is 3. The highest BCUT2D eigenvalue weighted by molar-refractivity contribution is 5.22. The van der Waals surface area contributed by atoms with Crippen LogP contribution in [-0.2, 0) is 0 Å². The first-order valence-corrected chi connectivity index (χ1v) is 6.53. The zero-order valence-corrected chi connectivity index (χ0v) is 10.7. The molecular formula is C14H19F3N2. The van der Waals surface area contributed by atoms with Gasteiger partial charge in [0.1, 0.15) is 0 Å². The minimum Gasteiger partial charge on any atom is -0.330 e. The maximum atomic E-state index is 12.3. The van der Waals surface area contributed by atoms with Crippen molar-refractivity contribution < 1.29 is 13.2 Å². The highest BCUT2D eigenvalue weighted by Gasteiger charge is 2.35. The predicted molar refractivity (Wildman–Crippen MR) is 68.8 cm³/mol. The molecule has 0 amide bonds. The van der Waals surface area contributed by atoms with Crippen LogP contribution in [0.1, 0.15) is 17.9 Å². The topological polar surface area (TPSA) is 29.3 Å². The van der Waals surface area contributed by atoms with Gasteiger partial charge in [-0.25, -0.2) is 0 Å². The Bertz CT molecular complexity index is 391. The number of rotatable bonds is 4. The molecule has 2 rings (SSSR count). The summed E-state index contributed by atoms with van der Waals surface area (Å²) >= 11 is 0. The van der Waals surface area contributed by atoms with Crippen molar-refractivity contribution in [1.29, 1.82) is 0 Å².